The van der Waals surface area contributed by atoms with Crippen LogP contribution < -0.4 is 0 Å². The molecule has 9 N–H and O–H groups in total. The van der Waals surface area contributed by atoms with Gasteiger partial charge in [-0.1, -0.05) is 0 Å². The maximum Gasteiger partial charge on any atom is 0.305 e. The largest absolute Gasteiger partial charge is 0.463 e. The summed E-state index contributed by atoms with van der Waals surface area (Å²) >= 11 is 17.8. The van der Waals surface area contributed by atoms with Crippen molar-refractivity contribution >= 4 is 46.7 Å². The van der Waals surface area contributed by atoms with Crippen LogP contribution in [0, 0.1) is 0 Å². The highest BCUT2D eigenvalue weighted by molar-refractivity contribution is 6.21. The Labute approximate surface area is 261 Å². The second kappa shape index (κ2) is 17.9. The minimum Gasteiger partial charge on any atom is -0.463 e. The summed E-state index contributed by atoms with van der Waals surface area (Å²) in [5.41, 5.74) is 0. The van der Waals surface area contributed by atoms with Gasteiger partial charge in [-0.25, -0.2) is 0 Å². The van der Waals surface area contributed by atoms with Crippen molar-refractivity contribution in [2.24, 2.45) is 0 Å². The lowest BCUT2D eigenvalue weighted by Crippen LogP contribution is -2.61. The van der Waals surface area contributed by atoms with E-state index in [0.717, 1.165) is 0 Å². The summed E-state index contributed by atoms with van der Waals surface area (Å²) in [7, 11) is 0. The fourth-order valence-corrected chi connectivity index (χ4v) is 5.05. The van der Waals surface area contributed by atoms with Gasteiger partial charge in [-0.2, -0.15) is 0 Å². The number of carbonyl (C=O) groups excluding carboxylic acids is 2. The summed E-state index contributed by atoms with van der Waals surface area (Å²) in [6.45, 7) is -2.01. The van der Waals surface area contributed by atoms with Crippen LogP contribution >= 0.6 is 34.8 Å². The van der Waals surface area contributed by atoms with Crippen LogP contribution in [-0.2, 0) is 33.3 Å². The molecular weight excluding hydrogens is 651 g/mol. The summed E-state index contributed by atoms with van der Waals surface area (Å²) in [6.07, 6.45) is -17.5. The average Bonchev–Trinajstić information content (AvgIpc) is 3.25. The molecule has 252 valence electrons. The predicted molar refractivity (Wildman–Crippen MR) is 144 cm³/mol. The lowest BCUT2D eigenvalue weighted by atomic mass is 10.0. The number of unbranched alkanes of at least 4 members (excludes halogenated alkanes) is 1. The normalized spacial score (nSPS) is 35.6. The molecule has 16 nitrogen and oxygen atoms in total. The SMILES string of the molecule is O=C(CCCCC(=O)OC[C@@H](O)[C@@H](O)[C@H](O)[C@H](O)CO)OCC1O[C@H](O[C@]2(CCl)O[C@H](CCl)C(O)[C@H]2O)C(O)[C@@H](O)[C@H]1Cl. The Balaban J connectivity index is 1.77. The molecule has 2 aliphatic heterocycles. The third kappa shape index (κ3) is 10.2. The molecule has 0 radical (unpaired) electrons. The van der Waals surface area contributed by atoms with E-state index in [4.69, 9.17) is 63.6 Å². The first kappa shape index (κ1) is 38.5. The van der Waals surface area contributed by atoms with Gasteiger partial charge < -0.3 is 69.6 Å². The zero-order valence-corrected chi connectivity index (χ0v) is 25.1. The number of aliphatic hydroxyl groups excluding tert-OH is 9. The van der Waals surface area contributed by atoms with Crippen molar-refractivity contribution in [2.45, 2.75) is 104 Å². The van der Waals surface area contributed by atoms with E-state index < -0.39 is 116 Å². The van der Waals surface area contributed by atoms with Crippen LogP contribution in [0.4, 0.5) is 0 Å². The highest BCUT2D eigenvalue weighted by atomic mass is 35.5. The van der Waals surface area contributed by atoms with Crippen molar-refractivity contribution in [3.8, 4) is 0 Å². The molecule has 0 aromatic rings. The number of carbonyl (C=O) groups is 2. The molecule has 0 spiro atoms. The number of aliphatic hydroxyl groups is 9. The number of rotatable bonds is 17. The van der Waals surface area contributed by atoms with Crippen molar-refractivity contribution in [3.63, 3.8) is 0 Å². The van der Waals surface area contributed by atoms with Crippen LogP contribution in [0.15, 0.2) is 0 Å². The van der Waals surface area contributed by atoms with Gasteiger partial charge in [0.2, 0.25) is 5.79 Å². The molecule has 2 fully saturated rings. The van der Waals surface area contributed by atoms with Gasteiger partial charge in [0.05, 0.1) is 23.7 Å². The highest BCUT2D eigenvalue weighted by Crippen LogP contribution is 2.38. The second-order valence-electron chi connectivity index (χ2n) is 10.1. The molecule has 3 unspecified atom stereocenters. The van der Waals surface area contributed by atoms with E-state index in [2.05, 4.69) is 0 Å². The van der Waals surface area contributed by atoms with Gasteiger partial charge in [0.25, 0.3) is 0 Å². The number of halogens is 3. The monoisotopic (exact) mass is 688 g/mol. The van der Waals surface area contributed by atoms with Gasteiger partial charge in [-0.15, -0.1) is 34.8 Å². The Morgan fingerprint density at radius 2 is 1.42 bits per heavy atom. The Hall–Kier alpha value is -0.670. The molecule has 0 aromatic carbocycles. The fourth-order valence-electron chi connectivity index (χ4n) is 4.24. The number of hydrogen-bond acceptors (Lipinski definition) is 16. The highest BCUT2D eigenvalue weighted by Gasteiger charge is 2.58. The Morgan fingerprint density at radius 3 is 1.95 bits per heavy atom. The second-order valence-corrected chi connectivity index (χ2v) is 11.2. The van der Waals surface area contributed by atoms with Gasteiger partial charge in [0.1, 0.15) is 74.3 Å². The van der Waals surface area contributed by atoms with Gasteiger partial charge in [0, 0.05) is 12.8 Å². The molecular formula is C24H39Cl3O16. The van der Waals surface area contributed by atoms with Crippen molar-refractivity contribution < 1.29 is 79.2 Å². The van der Waals surface area contributed by atoms with Crippen LogP contribution in [0.5, 0.6) is 0 Å². The summed E-state index contributed by atoms with van der Waals surface area (Å²) in [4.78, 5) is 24.1. The van der Waals surface area contributed by atoms with Gasteiger partial charge in [-0.05, 0) is 12.8 Å². The number of alkyl halides is 3. The maximum absolute atomic E-state index is 12.2. The third-order valence-electron chi connectivity index (χ3n) is 6.94. The lowest BCUT2D eigenvalue weighted by Gasteiger charge is -2.43. The smallest absolute Gasteiger partial charge is 0.305 e. The summed E-state index contributed by atoms with van der Waals surface area (Å²) < 4.78 is 26.6. The number of hydrogen-bond donors (Lipinski definition) is 9. The van der Waals surface area contributed by atoms with Crippen LogP contribution in [0.3, 0.4) is 0 Å². The Morgan fingerprint density at radius 1 is 0.837 bits per heavy atom. The van der Waals surface area contributed by atoms with E-state index in [1.807, 2.05) is 0 Å². The van der Waals surface area contributed by atoms with Gasteiger partial charge in [0.15, 0.2) is 6.29 Å². The molecule has 43 heavy (non-hydrogen) atoms. The van der Waals surface area contributed by atoms with Crippen LogP contribution in [0.25, 0.3) is 0 Å². The number of esters is 2. The molecule has 0 aromatic heterocycles. The summed E-state index contributed by atoms with van der Waals surface area (Å²) in [5.74, 6) is -4.26. The standard InChI is InChI=1S/C24H39Cl3O16/c25-5-12-19(35)22(38)24(9-26,42-12)43-23-21(37)20(36)16(27)13(41-23)8-40-15(32)4-2-1-3-14(31)39-7-11(30)18(34)17(33)10(29)6-28/h10-13,16-23,28-30,33-38H,1-9H2/t10-,11-,12-,13?,16+,17-,18-,19?,20+,21?,22-,23-,24+/m1/s1. The van der Waals surface area contributed by atoms with Gasteiger partial charge in [-0.3, -0.25) is 9.59 Å². The maximum atomic E-state index is 12.2. The van der Waals surface area contributed by atoms with Crippen molar-refractivity contribution in [1.82, 2.24) is 0 Å². The molecule has 2 saturated heterocycles. The molecule has 13 atom stereocenters. The minimum atomic E-state index is -2.05. The van der Waals surface area contributed by atoms with E-state index in [1.54, 1.807) is 0 Å². The Kier molecular flexibility index (Phi) is 16.0. The molecule has 0 aliphatic carbocycles. The molecule has 0 saturated carbocycles. The first-order chi connectivity index (χ1) is 20.2. The minimum absolute atomic E-state index is 0.141. The van der Waals surface area contributed by atoms with Gasteiger partial charge >= 0.3 is 11.9 Å². The van der Waals surface area contributed by atoms with E-state index in [0.29, 0.717) is 0 Å². The lowest BCUT2D eigenvalue weighted by molar-refractivity contribution is -0.357. The van der Waals surface area contributed by atoms with E-state index in [9.17, 15) is 50.4 Å². The third-order valence-corrected chi connectivity index (χ3v) is 8.16. The molecule has 0 amide bonds. The molecule has 2 heterocycles. The van der Waals surface area contributed by atoms with Crippen molar-refractivity contribution in [1.29, 1.82) is 0 Å². The summed E-state index contributed by atoms with van der Waals surface area (Å²) in [5, 5.41) is 87.2. The fraction of sp³-hybridized carbons (Fsp3) is 0.917. The van der Waals surface area contributed by atoms with E-state index in [1.165, 1.54) is 0 Å². The van der Waals surface area contributed by atoms with E-state index >= 15 is 0 Å². The summed E-state index contributed by atoms with van der Waals surface area (Å²) in [6, 6.07) is 0. The molecule has 0 bridgehead atoms. The van der Waals surface area contributed by atoms with E-state index in [-0.39, 0.29) is 31.6 Å². The average molecular weight is 690 g/mol. The molecule has 2 rings (SSSR count). The number of ether oxygens (including phenoxy) is 5. The molecule has 19 heteroatoms. The predicted octanol–water partition coefficient (Wildman–Crippen LogP) is -3.57. The first-order valence-electron chi connectivity index (χ1n) is 13.4. The van der Waals surface area contributed by atoms with Crippen LogP contribution in [0.2, 0.25) is 0 Å². The first-order valence-corrected chi connectivity index (χ1v) is 14.9. The Bertz CT molecular complexity index is 874. The zero-order valence-electron chi connectivity index (χ0n) is 22.8. The zero-order chi connectivity index (χ0) is 32.5. The topological polar surface area (TPSA) is 262 Å². The van der Waals surface area contributed by atoms with Crippen molar-refractivity contribution in [3.05, 3.63) is 0 Å². The quantitative estimate of drug-likeness (QED) is 0.0406. The van der Waals surface area contributed by atoms with Crippen LogP contribution in [0.1, 0.15) is 25.7 Å². The van der Waals surface area contributed by atoms with Crippen LogP contribution in [-0.4, -0.2) is 168 Å². The van der Waals surface area contributed by atoms with Crippen molar-refractivity contribution in [2.75, 3.05) is 31.6 Å². The molecule has 2 aliphatic rings.